The third kappa shape index (κ3) is 6.73. The number of aryl methyl sites for hydroxylation is 2. The summed E-state index contributed by atoms with van der Waals surface area (Å²) >= 11 is 0. The number of hydrogen-bond acceptors (Lipinski definition) is 4. The van der Waals surface area contributed by atoms with E-state index in [9.17, 15) is 9.59 Å². The van der Waals surface area contributed by atoms with Crippen molar-refractivity contribution >= 4 is 11.8 Å². The Hall–Kier alpha value is -4.06. The van der Waals surface area contributed by atoms with E-state index in [-0.39, 0.29) is 24.9 Å². The first-order chi connectivity index (χ1) is 17.0. The van der Waals surface area contributed by atoms with Gasteiger partial charge in [-0.25, -0.2) is 0 Å². The quantitative estimate of drug-likeness (QED) is 0.311. The molecule has 180 valence electrons. The topological polar surface area (TPSA) is 66.9 Å². The van der Waals surface area contributed by atoms with Crippen LogP contribution in [0.1, 0.15) is 38.8 Å². The lowest BCUT2D eigenvalue weighted by molar-refractivity contribution is -0.133. The number of carbonyl (C=O) groups is 2. The van der Waals surface area contributed by atoms with Crippen LogP contribution in [0.3, 0.4) is 0 Å². The number of hydrogen-bond donors (Lipinski definition) is 0. The van der Waals surface area contributed by atoms with Crippen LogP contribution in [0.5, 0.6) is 0 Å². The molecule has 0 fully saturated rings. The number of benzene rings is 2. The smallest absolute Gasteiger partial charge is 0.254 e. The van der Waals surface area contributed by atoms with Crippen LogP contribution in [0.15, 0.2) is 94.0 Å². The van der Waals surface area contributed by atoms with Gasteiger partial charge in [0.15, 0.2) is 0 Å². The van der Waals surface area contributed by atoms with Crippen LogP contribution < -0.4 is 0 Å². The zero-order valence-electron chi connectivity index (χ0n) is 20.1. The lowest BCUT2D eigenvalue weighted by atomic mass is 10.1. The minimum atomic E-state index is -0.216. The van der Waals surface area contributed by atoms with Crippen molar-refractivity contribution in [1.29, 1.82) is 0 Å². The minimum absolute atomic E-state index is 0.0676. The summed E-state index contributed by atoms with van der Waals surface area (Å²) in [5.74, 6) is 1.76. The van der Waals surface area contributed by atoms with Gasteiger partial charge in [-0.15, -0.1) is 0 Å². The van der Waals surface area contributed by atoms with Gasteiger partial charge in [-0.3, -0.25) is 9.59 Å². The fraction of sp³-hybridized carbons (Fsp3) is 0.241. The molecule has 0 radical (unpaired) electrons. The van der Waals surface area contributed by atoms with Crippen molar-refractivity contribution in [3.63, 3.8) is 0 Å². The van der Waals surface area contributed by atoms with Gasteiger partial charge >= 0.3 is 0 Å². The number of amides is 2. The molecular weight excluding hydrogens is 440 g/mol. The monoisotopic (exact) mass is 470 g/mol. The summed E-state index contributed by atoms with van der Waals surface area (Å²) in [5, 5.41) is 0. The predicted molar refractivity (Wildman–Crippen MR) is 134 cm³/mol. The van der Waals surface area contributed by atoms with E-state index in [1.165, 1.54) is 4.90 Å². The fourth-order valence-electron chi connectivity index (χ4n) is 3.89. The Morgan fingerprint density at radius 2 is 1.51 bits per heavy atom. The number of carbonyl (C=O) groups excluding carboxylic acids is 2. The molecule has 2 aromatic heterocycles. The third-order valence-corrected chi connectivity index (χ3v) is 5.85. The summed E-state index contributed by atoms with van der Waals surface area (Å²) in [7, 11) is 0. The molecule has 0 aliphatic heterocycles. The van der Waals surface area contributed by atoms with Crippen LogP contribution in [0.2, 0.25) is 0 Å². The van der Waals surface area contributed by atoms with Gasteiger partial charge in [0.25, 0.3) is 5.91 Å². The van der Waals surface area contributed by atoms with Crippen molar-refractivity contribution in [2.45, 2.75) is 33.4 Å². The Kier molecular flexibility index (Phi) is 7.83. The molecule has 35 heavy (non-hydrogen) atoms. The van der Waals surface area contributed by atoms with Gasteiger partial charge in [-0.2, -0.15) is 0 Å². The summed E-state index contributed by atoms with van der Waals surface area (Å²) in [6.07, 6.45) is 2.27. The molecule has 4 rings (SSSR count). The highest BCUT2D eigenvalue weighted by atomic mass is 16.3. The maximum absolute atomic E-state index is 13.6. The zero-order chi connectivity index (χ0) is 24.6. The predicted octanol–water partition coefficient (Wildman–Crippen LogP) is 5.40. The van der Waals surface area contributed by atoms with E-state index in [2.05, 4.69) is 0 Å². The van der Waals surface area contributed by atoms with E-state index in [4.69, 9.17) is 8.83 Å². The van der Waals surface area contributed by atoms with Crippen molar-refractivity contribution in [2.75, 3.05) is 13.1 Å². The highest BCUT2D eigenvalue weighted by Crippen LogP contribution is 2.15. The van der Waals surface area contributed by atoms with E-state index < -0.39 is 0 Å². The molecule has 0 atom stereocenters. The lowest BCUT2D eigenvalue weighted by Crippen LogP contribution is -2.43. The molecule has 0 saturated carbocycles. The number of rotatable bonds is 10. The normalized spacial score (nSPS) is 10.8. The molecule has 0 unspecified atom stereocenters. The maximum atomic E-state index is 13.6. The first-order valence-corrected chi connectivity index (χ1v) is 11.7. The molecule has 6 nitrogen and oxygen atoms in total. The molecule has 0 aliphatic rings. The Balaban J connectivity index is 1.53. The molecule has 2 aromatic carbocycles. The molecule has 6 heteroatoms. The Bertz CT molecular complexity index is 1230. The van der Waals surface area contributed by atoms with E-state index in [1.807, 2.05) is 68.4 Å². The minimum Gasteiger partial charge on any atom is -0.467 e. The molecule has 2 heterocycles. The molecule has 0 bridgehead atoms. The second-order valence-corrected chi connectivity index (χ2v) is 8.67. The molecule has 0 aliphatic carbocycles. The van der Waals surface area contributed by atoms with Gasteiger partial charge in [0.05, 0.1) is 19.4 Å². The average Bonchev–Trinajstić information content (AvgIpc) is 3.53. The van der Waals surface area contributed by atoms with Crippen molar-refractivity contribution < 1.29 is 18.4 Å². The third-order valence-electron chi connectivity index (χ3n) is 5.85. The van der Waals surface area contributed by atoms with E-state index in [0.717, 1.165) is 16.9 Å². The number of furan rings is 2. The second-order valence-electron chi connectivity index (χ2n) is 8.67. The van der Waals surface area contributed by atoms with Crippen molar-refractivity contribution in [3.05, 3.63) is 119 Å². The van der Waals surface area contributed by atoms with Crippen LogP contribution >= 0.6 is 0 Å². The van der Waals surface area contributed by atoms with Gasteiger partial charge in [0, 0.05) is 12.1 Å². The van der Waals surface area contributed by atoms with Crippen molar-refractivity contribution in [2.24, 2.45) is 0 Å². The molecule has 0 spiro atoms. The van der Waals surface area contributed by atoms with E-state index in [1.54, 1.807) is 35.4 Å². The number of nitrogens with zero attached hydrogens (tertiary/aromatic N) is 2. The molecule has 2 amide bonds. The summed E-state index contributed by atoms with van der Waals surface area (Å²) in [4.78, 5) is 30.2. The fourth-order valence-corrected chi connectivity index (χ4v) is 3.89. The average molecular weight is 471 g/mol. The largest absolute Gasteiger partial charge is 0.467 e. The van der Waals surface area contributed by atoms with Crippen LogP contribution in [-0.4, -0.2) is 34.7 Å². The molecule has 0 N–H and O–H groups in total. The zero-order valence-corrected chi connectivity index (χ0v) is 20.1. The summed E-state index contributed by atoms with van der Waals surface area (Å²) < 4.78 is 11.2. The Morgan fingerprint density at radius 1 is 0.771 bits per heavy atom. The first-order valence-electron chi connectivity index (χ1n) is 11.7. The highest BCUT2D eigenvalue weighted by molar-refractivity contribution is 5.96. The van der Waals surface area contributed by atoms with Crippen molar-refractivity contribution in [1.82, 2.24) is 9.80 Å². The lowest BCUT2D eigenvalue weighted by Gasteiger charge is -2.27. The molecule has 0 saturated heterocycles. The van der Waals surface area contributed by atoms with Crippen LogP contribution in [-0.2, 0) is 24.3 Å². The summed E-state index contributed by atoms with van der Waals surface area (Å²) in [6.45, 7) is 4.84. The summed E-state index contributed by atoms with van der Waals surface area (Å²) in [5.41, 5.74) is 2.74. The van der Waals surface area contributed by atoms with Gasteiger partial charge in [-0.1, -0.05) is 48.0 Å². The highest BCUT2D eigenvalue weighted by Gasteiger charge is 2.24. The van der Waals surface area contributed by atoms with Gasteiger partial charge in [-0.05, 0) is 62.2 Å². The maximum Gasteiger partial charge on any atom is 0.254 e. The Labute approximate surface area is 205 Å². The van der Waals surface area contributed by atoms with Gasteiger partial charge < -0.3 is 18.6 Å². The van der Waals surface area contributed by atoms with Gasteiger partial charge in [0.1, 0.15) is 23.8 Å². The SMILES string of the molecule is Cc1ccc(C(=O)N(CC(=O)N(CCc2ccccc2)Cc2ccc(C)o2)Cc2ccco2)cc1. The van der Waals surface area contributed by atoms with E-state index in [0.29, 0.717) is 36.6 Å². The molecule has 4 aromatic rings. The van der Waals surface area contributed by atoms with Crippen LogP contribution in [0, 0.1) is 13.8 Å². The van der Waals surface area contributed by atoms with Crippen LogP contribution in [0.25, 0.3) is 0 Å². The summed E-state index contributed by atoms with van der Waals surface area (Å²) in [6, 6.07) is 24.8. The van der Waals surface area contributed by atoms with Crippen LogP contribution in [0.4, 0.5) is 0 Å². The second kappa shape index (κ2) is 11.4. The Morgan fingerprint density at radius 3 is 2.17 bits per heavy atom. The first kappa shape index (κ1) is 24.1. The van der Waals surface area contributed by atoms with Gasteiger partial charge in [0.2, 0.25) is 5.91 Å². The standard InChI is InChI=1S/C29H30N2O4/c1-22-10-13-25(14-11-22)29(33)31(19-26-9-6-18-34-26)21-28(32)30(20-27-15-12-23(2)35-27)17-16-24-7-4-3-5-8-24/h3-15,18H,16-17,19-21H2,1-2H3. The van der Waals surface area contributed by atoms with E-state index >= 15 is 0 Å². The molecular formula is C29H30N2O4. The van der Waals surface area contributed by atoms with Crippen molar-refractivity contribution in [3.8, 4) is 0 Å².